The number of pyridine rings is 1. The molecule has 3 nitrogen and oxygen atoms in total. The Kier molecular flexibility index (Phi) is 5.52. The smallest absolute Gasteiger partial charge is 0.146 e. The summed E-state index contributed by atoms with van der Waals surface area (Å²) < 4.78 is 6.26. The number of anilines is 1. The molecule has 4 rings (SSSR count). The van der Waals surface area contributed by atoms with E-state index < -0.39 is 0 Å². The lowest BCUT2D eigenvalue weighted by Gasteiger charge is -2.36. The Labute approximate surface area is 168 Å². The van der Waals surface area contributed by atoms with Crippen molar-refractivity contribution in [3.8, 4) is 5.75 Å². The zero-order valence-corrected chi connectivity index (χ0v) is 17.2. The van der Waals surface area contributed by atoms with E-state index in [1.807, 2.05) is 6.07 Å². The van der Waals surface area contributed by atoms with E-state index in [4.69, 9.17) is 9.72 Å². The highest BCUT2D eigenvalue weighted by Gasteiger charge is 2.22. The summed E-state index contributed by atoms with van der Waals surface area (Å²) in [4.78, 5) is 7.54. The van der Waals surface area contributed by atoms with Gasteiger partial charge in [-0.2, -0.15) is 0 Å². The fraction of sp³-hybridized carbons (Fsp3) is 0.400. The molecule has 1 saturated heterocycles. The molecule has 0 bridgehead atoms. The van der Waals surface area contributed by atoms with E-state index in [0.717, 1.165) is 29.0 Å². The normalized spacial score (nSPS) is 17.1. The summed E-state index contributed by atoms with van der Waals surface area (Å²) in [5.41, 5.74) is 4.72. The standard InChI is InChI=1S/C25H30N2O/c1-4-22-9-5-6-15-27(22)24-14-13-20-8-7-10-23(25(20)26-24)28-17-21-16-18(2)11-12-19(21)3/h7-8,10-14,16,22H,4-6,9,15,17H2,1-3H3. The van der Waals surface area contributed by atoms with Crippen molar-refractivity contribution in [3.05, 3.63) is 65.2 Å². The number of fused-ring (bicyclic) bond motifs is 1. The number of benzene rings is 2. The lowest BCUT2D eigenvalue weighted by atomic mass is 10.00. The summed E-state index contributed by atoms with van der Waals surface area (Å²) in [7, 11) is 0. The van der Waals surface area contributed by atoms with Gasteiger partial charge >= 0.3 is 0 Å². The molecule has 1 aliphatic rings. The number of nitrogens with zero attached hydrogens (tertiary/aromatic N) is 2. The van der Waals surface area contributed by atoms with Gasteiger partial charge < -0.3 is 9.64 Å². The van der Waals surface area contributed by atoms with Crippen LogP contribution in [0.2, 0.25) is 0 Å². The predicted molar refractivity (Wildman–Crippen MR) is 117 cm³/mol. The highest BCUT2D eigenvalue weighted by Crippen LogP contribution is 2.30. The molecule has 1 aromatic heterocycles. The van der Waals surface area contributed by atoms with Gasteiger partial charge in [-0.1, -0.05) is 42.8 Å². The maximum atomic E-state index is 6.26. The molecule has 2 heterocycles. The summed E-state index contributed by atoms with van der Waals surface area (Å²) in [5.74, 6) is 1.95. The predicted octanol–water partition coefficient (Wildman–Crippen LogP) is 6.20. The van der Waals surface area contributed by atoms with Gasteiger partial charge in [0.1, 0.15) is 23.7 Å². The third-order valence-corrected chi connectivity index (χ3v) is 5.95. The lowest BCUT2D eigenvalue weighted by Crippen LogP contribution is -2.39. The minimum Gasteiger partial charge on any atom is -0.487 e. The number of hydrogen-bond donors (Lipinski definition) is 0. The van der Waals surface area contributed by atoms with Crippen molar-refractivity contribution in [3.63, 3.8) is 0 Å². The quantitative estimate of drug-likeness (QED) is 0.532. The number of aromatic nitrogens is 1. The SMILES string of the molecule is CCC1CCCCN1c1ccc2cccc(OCc3cc(C)ccc3C)c2n1. The number of hydrogen-bond acceptors (Lipinski definition) is 3. The fourth-order valence-electron chi connectivity index (χ4n) is 4.22. The minimum absolute atomic E-state index is 0.569. The molecule has 146 valence electrons. The molecule has 0 spiro atoms. The van der Waals surface area contributed by atoms with Crippen LogP contribution in [0.3, 0.4) is 0 Å². The van der Waals surface area contributed by atoms with E-state index in [9.17, 15) is 0 Å². The number of rotatable bonds is 5. The van der Waals surface area contributed by atoms with Crippen LogP contribution in [-0.2, 0) is 6.61 Å². The maximum Gasteiger partial charge on any atom is 0.146 e. The van der Waals surface area contributed by atoms with Gasteiger partial charge in [-0.25, -0.2) is 4.98 Å². The van der Waals surface area contributed by atoms with Crippen LogP contribution < -0.4 is 9.64 Å². The summed E-state index contributed by atoms with van der Waals surface area (Å²) in [6.45, 7) is 8.21. The summed E-state index contributed by atoms with van der Waals surface area (Å²) in [6, 6.07) is 17.7. The van der Waals surface area contributed by atoms with Crippen LogP contribution in [0, 0.1) is 13.8 Å². The van der Waals surface area contributed by atoms with Crippen LogP contribution in [0.5, 0.6) is 5.75 Å². The lowest BCUT2D eigenvalue weighted by molar-refractivity contribution is 0.308. The van der Waals surface area contributed by atoms with Crippen molar-refractivity contribution >= 4 is 16.7 Å². The van der Waals surface area contributed by atoms with Crippen molar-refractivity contribution in [2.45, 2.75) is 59.1 Å². The van der Waals surface area contributed by atoms with E-state index in [1.165, 1.54) is 42.4 Å². The number of ether oxygens (including phenoxy) is 1. The van der Waals surface area contributed by atoms with Gasteiger partial charge in [0.2, 0.25) is 0 Å². The van der Waals surface area contributed by atoms with E-state index in [1.54, 1.807) is 0 Å². The highest BCUT2D eigenvalue weighted by molar-refractivity contribution is 5.86. The zero-order valence-electron chi connectivity index (χ0n) is 17.2. The van der Waals surface area contributed by atoms with Crippen molar-refractivity contribution in [2.24, 2.45) is 0 Å². The fourth-order valence-corrected chi connectivity index (χ4v) is 4.22. The summed E-state index contributed by atoms with van der Waals surface area (Å²) in [6.07, 6.45) is 5.01. The molecule has 1 fully saturated rings. The molecule has 0 saturated carbocycles. The van der Waals surface area contributed by atoms with Gasteiger partial charge in [-0.15, -0.1) is 0 Å². The Morgan fingerprint density at radius 3 is 2.82 bits per heavy atom. The van der Waals surface area contributed by atoms with Gasteiger partial charge in [-0.05, 0) is 68.9 Å². The van der Waals surface area contributed by atoms with Gasteiger partial charge in [0.15, 0.2) is 0 Å². The molecule has 0 aliphatic carbocycles. The van der Waals surface area contributed by atoms with E-state index in [-0.39, 0.29) is 0 Å². The van der Waals surface area contributed by atoms with E-state index in [0.29, 0.717) is 12.6 Å². The zero-order chi connectivity index (χ0) is 19.5. The molecular weight excluding hydrogens is 344 g/mol. The van der Waals surface area contributed by atoms with Gasteiger partial charge in [0.25, 0.3) is 0 Å². The number of piperidine rings is 1. The molecule has 0 amide bonds. The molecule has 1 unspecified atom stereocenters. The van der Waals surface area contributed by atoms with Crippen molar-refractivity contribution in [1.29, 1.82) is 0 Å². The van der Waals surface area contributed by atoms with Crippen LogP contribution in [0.15, 0.2) is 48.5 Å². The van der Waals surface area contributed by atoms with Crippen LogP contribution >= 0.6 is 0 Å². The third kappa shape index (κ3) is 3.84. The van der Waals surface area contributed by atoms with Crippen LogP contribution in [-0.4, -0.2) is 17.6 Å². The third-order valence-electron chi connectivity index (χ3n) is 5.95. The first kappa shape index (κ1) is 18.8. The minimum atomic E-state index is 0.569. The van der Waals surface area contributed by atoms with Crippen LogP contribution in [0.4, 0.5) is 5.82 Å². The van der Waals surface area contributed by atoms with Gasteiger partial charge in [-0.3, -0.25) is 0 Å². The molecule has 28 heavy (non-hydrogen) atoms. The Bertz CT molecular complexity index is 966. The second-order valence-electron chi connectivity index (χ2n) is 7.97. The summed E-state index contributed by atoms with van der Waals surface area (Å²) >= 11 is 0. The Balaban J connectivity index is 1.64. The van der Waals surface area contributed by atoms with E-state index >= 15 is 0 Å². The molecule has 1 aliphatic heterocycles. The monoisotopic (exact) mass is 374 g/mol. The first-order chi connectivity index (χ1) is 13.7. The average molecular weight is 375 g/mol. The van der Waals surface area contributed by atoms with Crippen LogP contribution in [0.25, 0.3) is 10.9 Å². The first-order valence-corrected chi connectivity index (χ1v) is 10.5. The molecule has 0 N–H and O–H groups in total. The van der Waals surface area contributed by atoms with Gasteiger partial charge in [0.05, 0.1) is 0 Å². The van der Waals surface area contributed by atoms with Gasteiger partial charge in [0, 0.05) is 18.0 Å². The summed E-state index contributed by atoms with van der Waals surface area (Å²) in [5, 5.41) is 1.13. The van der Waals surface area contributed by atoms with E-state index in [2.05, 4.69) is 68.1 Å². The Morgan fingerprint density at radius 1 is 1.07 bits per heavy atom. The highest BCUT2D eigenvalue weighted by atomic mass is 16.5. The molecule has 3 heteroatoms. The first-order valence-electron chi connectivity index (χ1n) is 10.5. The van der Waals surface area contributed by atoms with Crippen molar-refractivity contribution < 1.29 is 4.74 Å². The molecule has 2 aromatic carbocycles. The molecule has 1 atom stereocenters. The molecule has 0 radical (unpaired) electrons. The van der Waals surface area contributed by atoms with Crippen molar-refractivity contribution in [1.82, 2.24) is 4.98 Å². The second kappa shape index (κ2) is 8.22. The maximum absolute atomic E-state index is 6.26. The Morgan fingerprint density at radius 2 is 1.96 bits per heavy atom. The largest absolute Gasteiger partial charge is 0.487 e. The second-order valence-corrected chi connectivity index (χ2v) is 7.97. The molecular formula is C25H30N2O. The average Bonchev–Trinajstić information content (AvgIpc) is 2.74. The van der Waals surface area contributed by atoms with Crippen LogP contribution in [0.1, 0.15) is 49.3 Å². The van der Waals surface area contributed by atoms with Crippen molar-refractivity contribution in [2.75, 3.05) is 11.4 Å². The Hall–Kier alpha value is -2.55. The topological polar surface area (TPSA) is 25.4 Å². The molecule has 3 aromatic rings. The number of aryl methyl sites for hydroxylation is 2. The number of para-hydroxylation sites is 1.